The first-order chi connectivity index (χ1) is 7.24. The van der Waals surface area contributed by atoms with E-state index in [0.717, 1.165) is 4.47 Å². The normalized spacial score (nSPS) is 10.2. The topological polar surface area (TPSA) is 71.5 Å². The van der Waals surface area contributed by atoms with Crippen LogP contribution < -0.4 is 5.56 Å². The molecule has 0 bridgehead atoms. The van der Waals surface area contributed by atoms with Crippen molar-refractivity contribution < 1.29 is 0 Å². The molecule has 0 saturated heterocycles. The standard InChI is InChI=1S/C8H5BrN4OS/c9-5-3-11-7(12-4-5)15-8-10-2-1-6(14)13-8/h1-4H,(H,10,13,14). The molecule has 0 atom stereocenters. The zero-order chi connectivity index (χ0) is 10.7. The van der Waals surface area contributed by atoms with Crippen LogP contribution in [-0.2, 0) is 0 Å². The second-order valence-corrected chi connectivity index (χ2v) is 4.40. The van der Waals surface area contributed by atoms with Gasteiger partial charge in [0.15, 0.2) is 10.3 Å². The monoisotopic (exact) mass is 284 g/mol. The van der Waals surface area contributed by atoms with Crippen LogP contribution in [0, 0.1) is 0 Å². The van der Waals surface area contributed by atoms with Crippen molar-refractivity contribution in [1.82, 2.24) is 19.9 Å². The van der Waals surface area contributed by atoms with Crippen LogP contribution in [0.4, 0.5) is 0 Å². The van der Waals surface area contributed by atoms with Crippen LogP contribution in [0.3, 0.4) is 0 Å². The lowest BCUT2D eigenvalue weighted by atomic mass is 10.7. The van der Waals surface area contributed by atoms with E-state index in [-0.39, 0.29) is 5.56 Å². The summed E-state index contributed by atoms with van der Waals surface area (Å²) in [5.74, 6) is 0. The highest BCUT2D eigenvalue weighted by Crippen LogP contribution is 2.19. The van der Waals surface area contributed by atoms with Gasteiger partial charge in [-0.15, -0.1) is 0 Å². The molecule has 0 aliphatic heterocycles. The molecule has 76 valence electrons. The number of rotatable bonds is 2. The van der Waals surface area contributed by atoms with Crippen LogP contribution in [-0.4, -0.2) is 19.9 Å². The molecule has 0 aliphatic rings. The van der Waals surface area contributed by atoms with Crippen LogP contribution in [0.2, 0.25) is 0 Å². The van der Waals surface area contributed by atoms with E-state index in [1.807, 2.05) is 0 Å². The number of halogens is 1. The molecule has 0 aromatic carbocycles. The third kappa shape index (κ3) is 2.87. The number of aromatic nitrogens is 4. The SMILES string of the molecule is O=c1ccnc(Sc2ncc(Br)cn2)[nH]1. The van der Waals surface area contributed by atoms with Crippen LogP contribution in [0.25, 0.3) is 0 Å². The van der Waals surface area contributed by atoms with Gasteiger partial charge in [-0.3, -0.25) is 4.79 Å². The Bertz CT molecular complexity index is 513. The average molecular weight is 285 g/mol. The fourth-order valence-corrected chi connectivity index (χ4v) is 1.70. The third-order valence-electron chi connectivity index (χ3n) is 1.43. The van der Waals surface area contributed by atoms with Gasteiger partial charge in [-0.1, -0.05) is 0 Å². The molecular weight excluding hydrogens is 280 g/mol. The van der Waals surface area contributed by atoms with Gasteiger partial charge >= 0.3 is 0 Å². The summed E-state index contributed by atoms with van der Waals surface area (Å²) in [5.41, 5.74) is -0.190. The Morgan fingerprint density at radius 1 is 1.27 bits per heavy atom. The maximum Gasteiger partial charge on any atom is 0.251 e. The summed E-state index contributed by atoms with van der Waals surface area (Å²) in [4.78, 5) is 25.6. The molecule has 2 aromatic heterocycles. The van der Waals surface area contributed by atoms with E-state index in [4.69, 9.17) is 0 Å². The minimum Gasteiger partial charge on any atom is -0.301 e. The van der Waals surface area contributed by atoms with Gasteiger partial charge in [0.1, 0.15) is 0 Å². The van der Waals surface area contributed by atoms with E-state index in [1.54, 1.807) is 12.4 Å². The van der Waals surface area contributed by atoms with Gasteiger partial charge in [0.05, 0.1) is 4.47 Å². The lowest BCUT2D eigenvalue weighted by Crippen LogP contribution is -2.05. The minimum absolute atomic E-state index is 0.190. The highest BCUT2D eigenvalue weighted by molar-refractivity contribution is 9.10. The highest BCUT2D eigenvalue weighted by Gasteiger charge is 2.01. The first-order valence-corrected chi connectivity index (χ1v) is 5.56. The largest absolute Gasteiger partial charge is 0.301 e. The maximum atomic E-state index is 11.0. The smallest absolute Gasteiger partial charge is 0.251 e. The van der Waals surface area contributed by atoms with Crippen molar-refractivity contribution in [2.75, 3.05) is 0 Å². The van der Waals surface area contributed by atoms with E-state index in [1.165, 1.54) is 24.0 Å². The van der Waals surface area contributed by atoms with Gasteiger partial charge in [-0.2, -0.15) is 0 Å². The summed E-state index contributed by atoms with van der Waals surface area (Å²) in [6.07, 6.45) is 4.72. The van der Waals surface area contributed by atoms with E-state index in [9.17, 15) is 4.79 Å². The maximum absolute atomic E-state index is 11.0. The molecule has 2 heterocycles. The fraction of sp³-hybridized carbons (Fsp3) is 0. The summed E-state index contributed by atoms with van der Waals surface area (Å²) >= 11 is 4.44. The molecule has 0 aliphatic carbocycles. The lowest BCUT2D eigenvalue weighted by Gasteiger charge is -1.97. The number of nitrogens with zero attached hydrogens (tertiary/aromatic N) is 3. The lowest BCUT2D eigenvalue weighted by molar-refractivity contribution is 0.907. The van der Waals surface area contributed by atoms with E-state index in [0.29, 0.717) is 10.3 Å². The highest BCUT2D eigenvalue weighted by atomic mass is 79.9. The van der Waals surface area contributed by atoms with Crippen molar-refractivity contribution in [2.24, 2.45) is 0 Å². The molecule has 1 N–H and O–H groups in total. The molecular formula is C8H5BrN4OS. The molecule has 0 amide bonds. The Labute approximate surface area is 97.5 Å². The van der Waals surface area contributed by atoms with Crippen molar-refractivity contribution in [3.63, 3.8) is 0 Å². The number of nitrogens with one attached hydrogen (secondary N) is 1. The Morgan fingerprint density at radius 2 is 2.00 bits per heavy atom. The fourth-order valence-electron chi connectivity index (χ4n) is 0.843. The van der Waals surface area contributed by atoms with Gasteiger partial charge in [-0.05, 0) is 27.7 Å². The van der Waals surface area contributed by atoms with Crippen molar-refractivity contribution >= 4 is 27.7 Å². The van der Waals surface area contributed by atoms with Crippen LogP contribution >= 0.6 is 27.7 Å². The summed E-state index contributed by atoms with van der Waals surface area (Å²) in [6.45, 7) is 0. The molecule has 2 aromatic rings. The predicted octanol–water partition coefficient (Wildman–Crippen LogP) is 1.47. The van der Waals surface area contributed by atoms with Gasteiger partial charge in [0, 0.05) is 24.7 Å². The molecule has 2 rings (SSSR count). The van der Waals surface area contributed by atoms with Crippen molar-refractivity contribution in [2.45, 2.75) is 10.3 Å². The van der Waals surface area contributed by atoms with Crippen LogP contribution in [0.1, 0.15) is 0 Å². The molecule has 0 unspecified atom stereocenters. The molecule has 0 fully saturated rings. The number of hydrogen-bond acceptors (Lipinski definition) is 5. The summed E-state index contributed by atoms with van der Waals surface area (Å²) < 4.78 is 0.807. The second-order valence-electron chi connectivity index (χ2n) is 2.53. The van der Waals surface area contributed by atoms with Crippen molar-refractivity contribution in [3.05, 3.63) is 39.5 Å². The quantitative estimate of drug-likeness (QED) is 0.846. The average Bonchev–Trinajstić information content (AvgIpc) is 2.22. The first-order valence-electron chi connectivity index (χ1n) is 3.95. The summed E-state index contributed by atoms with van der Waals surface area (Å²) in [5, 5.41) is 1.01. The zero-order valence-electron chi connectivity index (χ0n) is 7.35. The van der Waals surface area contributed by atoms with Gasteiger partial charge in [0.25, 0.3) is 5.56 Å². The van der Waals surface area contributed by atoms with Crippen molar-refractivity contribution in [1.29, 1.82) is 0 Å². The van der Waals surface area contributed by atoms with E-state index in [2.05, 4.69) is 35.9 Å². The van der Waals surface area contributed by atoms with Crippen LogP contribution in [0.15, 0.2) is 44.2 Å². The molecule has 0 radical (unpaired) electrons. The number of aromatic amines is 1. The Morgan fingerprint density at radius 3 is 2.67 bits per heavy atom. The molecule has 0 spiro atoms. The molecule has 7 heteroatoms. The third-order valence-corrected chi connectivity index (χ3v) is 2.64. The van der Waals surface area contributed by atoms with Crippen molar-refractivity contribution in [3.8, 4) is 0 Å². The minimum atomic E-state index is -0.190. The first kappa shape index (κ1) is 10.3. The van der Waals surface area contributed by atoms with Crippen LogP contribution in [0.5, 0.6) is 0 Å². The molecule has 15 heavy (non-hydrogen) atoms. The molecule has 0 saturated carbocycles. The Kier molecular flexibility index (Phi) is 3.12. The number of H-pyrrole nitrogens is 1. The van der Waals surface area contributed by atoms with Gasteiger partial charge in [0.2, 0.25) is 0 Å². The van der Waals surface area contributed by atoms with E-state index >= 15 is 0 Å². The van der Waals surface area contributed by atoms with Gasteiger partial charge in [-0.25, -0.2) is 15.0 Å². The summed E-state index contributed by atoms with van der Waals surface area (Å²) in [6, 6.07) is 1.35. The molecule has 5 nitrogen and oxygen atoms in total. The van der Waals surface area contributed by atoms with Gasteiger partial charge < -0.3 is 4.98 Å². The predicted molar refractivity (Wildman–Crippen MR) is 58.7 cm³/mol. The van der Waals surface area contributed by atoms with E-state index < -0.39 is 0 Å². The number of hydrogen-bond donors (Lipinski definition) is 1. The Balaban J connectivity index is 2.22. The second kappa shape index (κ2) is 4.54. The Hall–Kier alpha value is -1.21. The zero-order valence-corrected chi connectivity index (χ0v) is 9.75. The summed E-state index contributed by atoms with van der Waals surface area (Å²) in [7, 11) is 0.